The van der Waals surface area contributed by atoms with Crippen LogP contribution in [-0.2, 0) is 0 Å². The first-order chi connectivity index (χ1) is 9.99. The molecule has 118 valence electrons. The molecule has 1 saturated heterocycles. The maximum absolute atomic E-state index is 5.64. The lowest BCUT2D eigenvalue weighted by Gasteiger charge is -2.21. The normalized spacial score (nSPS) is 18.6. The molecule has 7 nitrogen and oxygen atoms in total. The van der Waals surface area contributed by atoms with Crippen molar-refractivity contribution in [1.82, 2.24) is 19.9 Å². The molecular weight excluding hydrogens is 268 g/mol. The van der Waals surface area contributed by atoms with Gasteiger partial charge in [-0.2, -0.15) is 15.0 Å². The molecule has 1 atom stereocenters. The van der Waals surface area contributed by atoms with E-state index in [0.717, 1.165) is 26.1 Å². The van der Waals surface area contributed by atoms with Crippen LogP contribution in [0.25, 0.3) is 0 Å². The van der Waals surface area contributed by atoms with Gasteiger partial charge in [-0.1, -0.05) is 0 Å². The van der Waals surface area contributed by atoms with Crippen molar-refractivity contribution in [2.24, 2.45) is 0 Å². The first kappa shape index (κ1) is 15.8. The highest BCUT2D eigenvalue weighted by molar-refractivity contribution is 5.39. The average Bonchev–Trinajstić information content (AvgIpc) is 2.87. The minimum atomic E-state index is 0.0443. The Labute approximate surface area is 126 Å². The van der Waals surface area contributed by atoms with Crippen LogP contribution < -0.4 is 15.0 Å². The molecule has 7 heteroatoms. The summed E-state index contributed by atoms with van der Waals surface area (Å²) in [6.07, 6.45) is 1.16. The van der Waals surface area contributed by atoms with Crippen LogP contribution in [0.1, 0.15) is 27.2 Å². The average molecular weight is 294 g/mol. The molecule has 0 saturated carbocycles. The summed E-state index contributed by atoms with van der Waals surface area (Å²) in [7, 11) is 4.22. The summed E-state index contributed by atoms with van der Waals surface area (Å²) >= 11 is 0. The lowest BCUT2D eigenvalue weighted by Crippen LogP contribution is -2.32. The molecule has 0 aliphatic carbocycles. The third-order valence-corrected chi connectivity index (χ3v) is 3.46. The number of ether oxygens (including phenoxy) is 1. The summed E-state index contributed by atoms with van der Waals surface area (Å²) in [5.41, 5.74) is 0. The molecule has 1 fully saturated rings. The third kappa shape index (κ3) is 4.17. The van der Waals surface area contributed by atoms with Gasteiger partial charge in [0, 0.05) is 25.7 Å². The van der Waals surface area contributed by atoms with Gasteiger partial charge < -0.3 is 19.9 Å². The fraction of sp³-hybridized carbons (Fsp3) is 0.786. The molecule has 0 amide bonds. The monoisotopic (exact) mass is 294 g/mol. The zero-order valence-electron chi connectivity index (χ0n) is 13.6. The SMILES string of the molecule is CCNc1nc(OC(C)C)nc(N2CCC(N(C)C)C2)n1. The predicted octanol–water partition coefficient (Wildman–Crippen LogP) is 1.23. The van der Waals surface area contributed by atoms with Crippen LogP contribution in [0.2, 0.25) is 0 Å². The zero-order chi connectivity index (χ0) is 15.4. The Balaban J connectivity index is 2.19. The number of nitrogens with zero attached hydrogens (tertiary/aromatic N) is 5. The van der Waals surface area contributed by atoms with Gasteiger partial charge in [0.25, 0.3) is 0 Å². The second-order valence-corrected chi connectivity index (χ2v) is 5.79. The van der Waals surface area contributed by atoms with Gasteiger partial charge in [-0.15, -0.1) is 0 Å². The van der Waals surface area contributed by atoms with E-state index in [9.17, 15) is 0 Å². The minimum absolute atomic E-state index is 0.0443. The van der Waals surface area contributed by atoms with Gasteiger partial charge in [-0.3, -0.25) is 0 Å². The van der Waals surface area contributed by atoms with Crippen molar-refractivity contribution in [2.45, 2.75) is 39.3 Å². The van der Waals surface area contributed by atoms with Crippen molar-refractivity contribution >= 4 is 11.9 Å². The summed E-state index contributed by atoms with van der Waals surface area (Å²) in [5.74, 6) is 1.27. The number of anilines is 2. The van der Waals surface area contributed by atoms with Gasteiger partial charge in [-0.05, 0) is 41.3 Å². The van der Waals surface area contributed by atoms with Gasteiger partial charge in [0.05, 0.1) is 6.10 Å². The molecule has 1 aliphatic rings. The maximum atomic E-state index is 5.64. The van der Waals surface area contributed by atoms with E-state index in [1.807, 2.05) is 20.8 Å². The highest BCUT2D eigenvalue weighted by Crippen LogP contribution is 2.21. The molecule has 21 heavy (non-hydrogen) atoms. The van der Waals surface area contributed by atoms with Crippen LogP contribution >= 0.6 is 0 Å². The van der Waals surface area contributed by atoms with Gasteiger partial charge in [0.2, 0.25) is 11.9 Å². The van der Waals surface area contributed by atoms with Crippen molar-refractivity contribution in [2.75, 3.05) is 43.9 Å². The van der Waals surface area contributed by atoms with E-state index >= 15 is 0 Å². The highest BCUT2D eigenvalue weighted by Gasteiger charge is 2.26. The number of hydrogen-bond acceptors (Lipinski definition) is 7. The van der Waals surface area contributed by atoms with Crippen LogP contribution in [0.15, 0.2) is 0 Å². The Bertz CT molecular complexity index is 465. The van der Waals surface area contributed by atoms with Crippen molar-refractivity contribution in [3.8, 4) is 6.01 Å². The number of hydrogen-bond donors (Lipinski definition) is 1. The zero-order valence-corrected chi connectivity index (χ0v) is 13.6. The quantitative estimate of drug-likeness (QED) is 0.846. The second-order valence-electron chi connectivity index (χ2n) is 5.79. The molecule has 2 rings (SSSR count). The summed E-state index contributed by atoms with van der Waals surface area (Å²) in [6.45, 7) is 8.61. The molecule has 1 aliphatic heterocycles. The Kier molecular flexibility index (Phi) is 5.17. The van der Waals surface area contributed by atoms with Crippen LogP contribution in [0, 0.1) is 0 Å². The molecule has 1 aromatic rings. The first-order valence-corrected chi connectivity index (χ1v) is 7.57. The Morgan fingerprint density at radius 3 is 2.67 bits per heavy atom. The first-order valence-electron chi connectivity index (χ1n) is 7.57. The van der Waals surface area contributed by atoms with Crippen LogP contribution in [0.4, 0.5) is 11.9 Å². The maximum Gasteiger partial charge on any atom is 0.323 e. The molecular formula is C14H26N6O. The molecule has 1 unspecified atom stereocenters. The number of nitrogens with one attached hydrogen (secondary N) is 1. The molecule has 0 radical (unpaired) electrons. The van der Waals surface area contributed by atoms with E-state index in [1.54, 1.807) is 0 Å². The van der Waals surface area contributed by atoms with Crippen molar-refractivity contribution in [3.05, 3.63) is 0 Å². The van der Waals surface area contributed by atoms with Crippen molar-refractivity contribution < 1.29 is 4.74 Å². The summed E-state index contributed by atoms with van der Waals surface area (Å²) < 4.78 is 5.64. The smallest absolute Gasteiger partial charge is 0.323 e. The van der Waals surface area contributed by atoms with E-state index in [0.29, 0.717) is 23.9 Å². The van der Waals surface area contributed by atoms with E-state index in [2.05, 4.69) is 44.2 Å². The molecule has 1 N–H and O–H groups in total. The Hall–Kier alpha value is -1.63. The summed E-state index contributed by atoms with van der Waals surface area (Å²) in [6, 6.07) is 0.929. The van der Waals surface area contributed by atoms with Crippen LogP contribution in [0.3, 0.4) is 0 Å². The van der Waals surface area contributed by atoms with Gasteiger partial charge in [0.15, 0.2) is 0 Å². The third-order valence-electron chi connectivity index (χ3n) is 3.46. The van der Waals surface area contributed by atoms with E-state index in [4.69, 9.17) is 4.74 Å². The number of rotatable bonds is 6. The number of likely N-dealkylation sites (N-methyl/N-ethyl adjacent to an activating group) is 1. The lowest BCUT2D eigenvalue weighted by molar-refractivity contribution is 0.222. The fourth-order valence-corrected chi connectivity index (χ4v) is 2.33. The molecule has 1 aromatic heterocycles. The highest BCUT2D eigenvalue weighted by atomic mass is 16.5. The summed E-state index contributed by atoms with van der Waals surface area (Å²) in [4.78, 5) is 17.7. The van der Waals surface area contributed by atoms with E-state index in [1.165, 1.54) is 0 Å². The van der Waals surface area contributed by atoms with Crippen LogP contribution in [0.5, 0.6) is 6.01 Å². The molecule has 0 aromatic carbocycles. The fourth-order valence-electron chi connectivity index (χ4n) is 2.33. The molecule has 0 bridgehead atoms. The van der Waals surface area contributed by atoms with E-state index in [-0.39, 0.29) is 6.10 Å². The van der Waals surface area contributed by atoms with Gasteiger partial charge >= 0.3 is 6.01 Å². The second kappa shape index (κ2) is 6.89. The lowest BCUT2D eigenvalue weighted by atomic mass is 10.2. The number of aromatic nitrogens is 3. The van der Waals surface area contributed by atoms with Crippen LogP contribution in [-0.4, -0.2) is 65.7 Å². The Morgan fingerprint density at radius 1 is 1.33 bits per heavy atom. The standard InChI is InChI=1S/C14H26N6O/c1-6-15-12-16-13(18-14(17-12)21-10(2)3)20-8-7-11(9-20)19(4)5/h10-11H,6-9H2,1-5H3,(H,15,16,17,18). The largest absolute Gasteiger partial charge is 0.461 e. The van der Waals surface area contributed by atoms with Gasteiger partial charge in [0.1, 0.15) is 0 Å². The van der Waals surface area contributed by atoms with E-state index < -0.39 is 0 Å². The summed E-state index contributed by atoms with van der Waals surface area (Å²) in [5, 5.41) is 3.14. The molecule has 0 spiro atoms. The Morgan fingerprint density at radius 2 is 2.10 bits per heavy atom. The minimum Gasteiger partial charge on any atom is -0.461 e. The predicted molar refractivity (Wildman–Crippen MR) is 84.1 cm³/mol. The van der Waals surface area contributed by atoms with Gasteiger partial charge in [-0.25, -0.2) is 0 Å². The topological polar surface area (TPSA) is 66.4 Å². The van der Waals surface area contributed by atoms with Crippen molar-refractivity contribution in [1.29, 1.82) is 0 Å². The van der Waals surface area contributed by atoms with Crippen molar-refractivity contribution in [3.63, 3.8) is 0 Å². The molecule has 2 heterocycles.